The number of hydrogen-bond donors (Lipinski definition) is 1. The predicted octanol–water partition coefficient (Wildman–Crippen LogP) is 8.25. The van der Waals surface area contributed by atoms with E-state index in [1.54, 1.807) is 29.3 Å². The highest BCUT2D eigenvalue weighted by Crippen LogP contribution is 2.41. The maximum Gasteiger partial charge on any atom is 0.410 e. The molecule has 42 heavy (non-hydrogen) atoms. The molecule has 1 unspecified atom stereocenters. The number of ether oxygens (including phenoxy) is 1. The van der Waals surface area contributed by atoms with Gasteiger partial charge in [0.05, 0.1) is 15.7 Å². The van der Waals surface area contributed by atoms with Gasteiger partial charge in [-0.3, -0.25) is 0 Å². The second-order valence-corrected chi connectivity index (χ2v) is 12.5. The number of carbonyl (C=O) groups is 1. The summed E-state index contributed by atoms with van der Waals surface area (Å²) in [5, 5.41) is 4.98. The van der Waals surface area contributed by atoms with Gasteiger partial charge in [0, 0.05) is 43.3 Å². The Labute approximate surface area is 253 Å². The zero-order valence-corrected chi connectivity index (χ0v) is 25.5. The van der Waals surface area contributed by atoms with Crippen molar-refractivity contribution in [1.29, 1.82) is 0 Å². The van der Waals surface area contributed by atoms with Crippen LogP contribution in [0.1, 0.15) is 44.7 Å². The smallest absolute Gasteiger partial charge is 0.410 e. The monoisotopic (exact) mass is 615 g/mol. The van der Waals surface area contributed by atoms with Gasteiger partial charge in [0.1, 0.15) is 11.2 Å². The molecule has 0 radical (unpaired) electrons. The standard InChI is InChI=1S/C31H33Cl2F2N5O2/c1-18-21-15-37-29(36-14-19-10-11-24(34)25(35)13-19)38-28(21)40(27(18)26-22(32)8-5-9-23(26)33)17-20-7-6-12-39(16-20)30(41)42-31(2,3)4/h5,8-11,13,15,20H,6-7,12,14,16-17H2,1-4H3,(H,36,37,38). The SMILES string of the molecule is Cc1c(-c2c(Cl)cccc2Cl)n(CC2CCCN(C(=O)OC(C)(C)C)C2)c2nc(NCc3ccc(F)c(F)c3)ncc12. The minimum atomic E-state index is -0.913. The number of nitrogens with one attached hydrogen (secondary N) is 1. The number of benzene rings is 2. The van der Waals surface area contributed by atoms with Crippen molar-refractivity contribution in [3.63, 3.8) is 0 Å². The molecular weight excluding hydrogens is 583 g/mol. The Balaban J connectivity index is 1.52. The summed E-state index contributed by atoms with van der Waals surface area (Å²) in [5.41, 5.74) is 3.11. The fourth-order valence-electron chi connectivity index (χ4n) is 5.38. The van der Waals surface area contributed by atoms with Crippen molar-refractivity contribution in [3.8, 4) is 11.3 Å². The number of piperidine rings is 1. The van der Waals surface area contributed by atoms with Gasteiger partial charge in [0.2, 0.25) is 5.95 Å². The fourth-order valence-corrected chi connectivity index (χ4v) is 5.96. The minimum Gasteiger partial charge on any atom is -0.444 e. The molecule has 2 aromatic carbocycles. The lowest BCUT2D eigenvalue weighted by molar-refractivity contribution is 0.0158. The lowest BCUT2D eigenvalue weighted by Gasteiger charge is -2.34. The molecule has 3 heterocycles. The molecule has 5 rings (SSSR count). The molecule has 0 spiro atoms. The molecule has 4 aromatic rings. The molecular formula is C31H33Cl2F2N5O2. The Morgan fingerprint density at radius 2 is 1.88 bits per heavy atom. The van der Waals surface area contributed by atoms with Gasteiger partial charge in [0.25, 0.3) is 0 Å². The Morgan fingerprint density at radius 1 is 1.14 bits per heavy atom. The summed E-state index contributed by atoms with van der Waals surface area (Å²) in [7, 11) is 0. The van der Waals surface area contributed by atoms with Crippen LogP contribution in [0, 0.1) is 24.5 Å². The predicted molar refractivity (Wildman–Crippen MR) is 162 cm³/mol. The number of likely N-dealkylation sites (tertiary alicyclic amines) is 1. The number of nitrogens with zero attached hydrogens (tertiary/aromatic N) is 4. The summed E-state index contributed by atoms with van der Waals surface area (Å²) in [6.45, 7) is 9.50. The first-order valence-corrected chi connectivity index (χ1v) is 14.6. The molecule has 1 saturated heterocycles. The van der Waals surface area contributed by atoms with Crippen LogP contribution in [0.5, 0.6) is 0 Å². The van der Waals surface area contributed by atoms with Crippen LogP contribution in [0.25, 0.3) is 22.3 Å². The molecule has 1 aliphatic rings. The molecule has 2 aromatic heterocycles. The van der Waals surface area contributed by atoms with Crippen molar-refractivity contribution >= 4 is 46.3 Å². The van der Waals surface area contributed by atoms with Gasteiger partial charge in [-0.15, -0.1) is 0 Å². The summed E-state index contributed by atoms with van der Waals surface area (Å²) in [6.07, 6.45) is 3.19. The maximum absolute atomic E-state index is 13.7. The van der Waals surface area contributed by atoms with E-state index in [0.29, 0.717) is 52.4 Å². The molecule has 1 atom stereocenters. The summed E-state index contributed by atoms with van der Waals surface area (Å²) in [4.78, 5) is 24.0. The number of amides is 1. The minimum absolute atomic E-state index is 0.120. The largest absolute Gasteiger partial charge is 0.444 e. The van der Waals surface area contributed by atoms with E-state index in [1.165, 1.54) is 6.07 Å². The maximum atomic E-state index is 13.7. The average molecular weight is 617 g/mol. The molecule has 0 saturated carbocycles. The van der Waals surface area contributed by atoms with Gasteiger partial charge >= 0.3 is 6.09 Å². The van der Waals surface area contributed by atoms with Gasteiger partial charge in [-0.2, -0.15) is 4.98 Å². The molecule has 222 valence electrons. The molecule has 0 bridgehead atoms. The molecule has 7 nitrogen and oxygen atoms in total. The first-order chi connectivity index (χ1) is 19.9. The van der Waals surface area contributed by atoms with Crippen molar-refractivity contribution in [1.82, 2.24) is 19.4 Å². The van der Waals surface area contributed by atoms with E-state index in [-0.39, 0.29) is 18.6 Å². The van der Waals surface area contributed by atoms with E-state index in [2.05, 4.69) is 14.9 Å². The van der Waals surface area contributed by atoms with E-state index in [4.69, 9.17) is 32.9 Å². The normalized spacial score (nSPS) is 15.7. The first-order valence-electron chi connectivity index (χ1n) is 13.9. The topological polar surface area (TPSA) is 72.3 Å². The van der Waals surface area contributed by atoms with Crippen molar-refractivity contribution in [3.05, 3.63) is 75.4 Å². The number of aromatic nitrogens is 3. The van der Waals surface area contributed by atoms with E-state index in [1.807, 2.05) is 27.7 Å². The van der Waals surface area contributed by atoms with Gasteiger partial charge in [-0.25, -0.2) is 18.6 Å². The highest BCUT2D eigenvalue weighted by Gasteiger charge is 2.30. The average Bonchev–Trinajstić information content (AvgIpc) is 3.19. The lowest BCUT2D eigenvalue weighted by Crippen LogP contribution is -2.43. The summed E-state index contributed by atoms with van der Waals surface area (Å²) in [5.74, 6) is -1.36. The van der Waals surface area contributed by atoms with Gasteiger partial charge in [0.15, 0.2) is 11.6 Å². The first kappa shape index (κ1) is 30.0. The number of fused-ring (bicyclic) bond motifs is 1. The fraction of sp³-hybridized carbons (Fsp3) is 0.387. The quantitative estimate of drug-likeness (QED) is 0.236. The van der Waals surface area contributed by atoms with Crippen molar-refractivity contribution < 1.29 is 18.3 Å². The molecule has 1 aliphatic heterocycles. The highest BCUT2D eigenvalue weighted by molar-refractivity contribution is 6.39. The summed E-state index contributed by atoms with van der Waals surface area (Å²) in [6, 6.07) is 9.15. The zero-order chi connectivity index (χ0) is 30.2. The molecule has 1 amide bonds. The van der Waals surface area contributed by atoms with E-state index >= 15 is 0 Å². The van der Waals surface area contributed by atoms with Gasteiger partial charge in [-0.05, 0) is 81.8 Å². The Morgan fingerprint density at radius 3 is 2.57 bits per heavy atom. The van der Waals surface area contributed by atoms with Crippen LogP contribution in [0.15, 0.2) is 42.6 Å². The van der Waals surface area contributed by atoms with Crippen LogP contribution in [0.2, 0.25) is 10.0 Å². The van der Waals surface area contributed by atoms with E-state index in [0.717, 1.165) is 41.6 Å². The molecule has 1 fully saturated rings. The number of aryl methyl sites for hydroxylation is 1. The zero-order valence-electron chi connectivity index (χ0n) is 24.0. The van der Waals surface area contributed by atoms with Crippen LogP contribution < -0.4 is 5.32 Å². The van der Waals surface area contributed by atoms with Crippen LogP contribution in [0.4, 0.5) is 19.5 Å². The number of hydrogen-bond acceptors (Lipinski definition) is 5. The second-order valence-electron chi connectivity index (χ2n) is 11.6. The van der Waals surface area contributed by atoms with Crippen molar-refractivity contribution in [2.45, 2.75) is 59.2 Å². The number of halogens is 4. The van der Waals surface area contributed by atoms with Gasteiger partial charge < -0.3 is 19.5 Å². The van der Waals surface area contributed by atoms with Crippen molar-refractivity contribution in [2.24, 2.45) is 5.92 Å². The third-order valence-electron chi connectivity index (χ3n) is 7.30. The Hall–Kier alpha value is -3.43. The Kier molecular flexibility index (Phi) is 8.62. The van der Waals surface area contributed by atoms with Crippen LogP contribution in [-0.2, 0) is 17.8 Å². The lowest BCUT2D eigenvalue weighted by atomic mass is 9.97. The number of rotatable bonds is 6. The van der Waals surface area contributed by atoms with Crippen LogP contribution in [0.3, 0.4) is 0 Å². The Bertz CT molecular complexity index is 1620. The number of anilines is 1. The molecule has 1 N–H and O–H groups in total. The van der Waals surface area contributed by atoms with Crippen LogP contribution >= 0.6 is 23.2 Å². The molecule has 11 heteroatoms. The van der Waals surface area contributed by atoms with Crippen LogP contribution in [-0.4, -0.2) is 44.2 Å². The highest BCUT2D eigenvalue weighted by atomic mass is 35.5. The molecule has 0 aliphatic carbocycles. The third kappa shape index (κ3) is 6.47. The summed E-state index contributed by atoms with van der Waals surface area (Å²) < 4.78 is 34.9. The van der Waals surface area contributed by atoms with Crippen molar-refractivity contribution in [2.75, 3.05) is 18.4 Å². The third-order valence-corrected chi connectivity index (χ3v) is 7.93. The van der Waals surface area contributed by atoms with E-state index < -0.39 is 17.2 Å². The van der Waals surface area contributed by atoms with E-state index in [9.17, 15) is 13.6 Å². The summed E-state index contributed by atoms with van der Waals surface area (Å²) >= 11 is 13.4. The van der Waals surface area contributed by atoms with Gasteiger partial charge in [-0.1, -0.05) is 35.3 Å². The second kappa shape index (κ2) is 12.1. The number of carbonyl (C=O) groups excluding carboxylic acids is 1.